The summed E-state index contributed by atoms with van der Waals surface area (Å²) < 4.78 is 5.48. The molecule has 2 aromatic carbocycles. The first-order chi connectivity index (χ1) is 14.6. The second-order valence-electron chi connectivity index (χ2n) is 7.01. The minimum atomic E-state index is -0.882. The van der Waals surface area contributed by atoms with Crippen molar-refractivity contribution in [1.82, 2.24) is 5.32 Å². The van der Waals surface area contributed by atoms with Crippen molar-refractivity contribution in [2.75, 3.05) is 31.2 Å². The molecule has 1 atom stereocenters. The molecule has 0 radical (unpaired) electrons. The van der Waals surface area contributed by atoms with E-state index in [2.05, 4.69) is 10.2 Å². The lowest BCUT2D eigenvalue weighted by molar-refractivity contribution is -0.120. The summed E-state index contributed by atoms with van der Waals surface area (Å²) in [4.78, 5) is 27.8. The van der Waals surface area contributed by atoms with Crippen LogP contribution in [0.1, 0.15) is 21.3 Å². The standard InChI is InChI=1S/C23H23N3O3S/c24-21(27)20(17-9-5-2-6-10-17)25-22(28)19-15-18(16-7-3-1-4-8-16)23(30-19)26-11-13-29-14-12-26/h1-10,15,20H,11-14H2,(H2,24,27)(H,25,28)/t20-/m0/s1. The number of nitrogens with two attached hydrogens (primary N) is 1. The Morgan fingerprint density at radius 2 is 1.63 bits per heavy atom. The minimum absolute atomic E-state index is 0.315. The number of rotatable bonds is 6. The Bertz CT molecular complexity index is 1010. The van der Waals surface area contributed by atoms with E-state index in [1.165, 1.54) is 11.3 Å². The molecular weight excluding hydrogens is 398 g/mol. The first kappa shape index (κ1) is 20.1. The van der Waals surface area contributed by atoms with Crippen LogP contribution < -0.4 is 16.0 Å². The van der Waals surface area contributed by atoms with Crippen LogP contribution in [0.25, 0.3) is 11.1 Å². The zero-order valence-electron chi connectivity index (χ0n) is 16.4. The number of benzene rings is 2. The van der Waals surface area contributed by atoms with Gasteiger partial charge in [-0.05, 0) is 17.2 Å². The van der Waals surface area contributed by atoms with Crippen molar-refractivity contribution in [3.8, 4) is 11.1 Å². The van der Waals surface area contributed by atoms with E-state index in [1.54, 1.807) is 12.1 Å². The third kappa shape index (κ3) is 4.37. The highest BCUT2D eigenvalue weighted by atomic mass is 32.1. The number of primary amides is 1. The summed E-state index contributed by atoms with van der Waals surface area (Å²) in [5.41, 5.74) is 8.27. The highest BCUT2D eigenvalue weighted by Crippen LogP contribution is 2.39. The van der Waals surface area contributed by atoms with Gasteiger partial charge in [-0.1, -0.05) is 60.7 Å². The fourth-order valence-corrected chi connectivity index (χ4v) is 4.62. The van der Waals surface area contributed by atoms with Gasteiger partial charge in [0.2, 0.25) is 5.91 Å². The summed E-state index contributed by atoms with van der Waals surface area (Å²) >= 11 is 1.42. The van der Waals surface area contributed by atoms with Gasteiger partial charge in [0.25, 0.3) is 5.91 Å². The van der Waals surface area contributed by atoms with Gasteiger partial charge in [-0.3, -0.25) is 9.59 Å². The highest BCUT2D eigenvalue weighted by Gasteiger charge is 2.25. The maximum Gasteiger partial charge on any atom is 0.262 e. The van der Waals surface area contributed by atoms with Crippen LogP contribution in [0.2, 0.25) is 0 Å². The Morgan fingerprint density at radius 1 is 1.00 bits per heavy atom. The summed E-state index contributed by atoms with van der Waals surface area (Å²) in [6.07, 6.45) is 0. The van der Waals surface area contributed by atoms with Crippen molar-refractivity contribution >= 4 is 28.2 Å². The number of amides is 2. The minimum Gasteiger partial charge on any atom is -0.378 e. The number of nitrogens with one attached hydrogen (secondary N) is 1. The molecular formula is C23H23N3O3S. The summed E-state index contributed by atoms with van der Waals surface area (Å²) in [7, 11) is 0. The van der Waals surface area contributed by atoms with Crippen LogP contribution in [-0.2, 0) is 9.53 Å². The van der Waals surface area contributed by atoms with E-state index in [0.29, 0.717) is 23.7 Å². The summed E-state index contributed by atoms with van der Waals surface area (Å²) in [6.45, 7) is 2.86. The molecule has 3 N–H and O–H groups in total. The van der Waals surface area contributed by atoms with Gasteiger partial charge in [0.1, 0.15) is 6.04 Å². The maximum atomic E-state index is 13.1. The van der Waals surface area contributed by atoms with Crippen LogP contribution in [0.4, 0.5) is 5.00 Å². The molecule has 3 aromatic rings. The zero-order valence-corrected chi connectivity index (χ0v) is 17.2. The third-order valence-corrected chi connectivity index (χ3v) is 6.21. The van der Waals surface area contributed by atoms with Crippen LogP contribution in [0, 0.1) is 0 Å². The number of hydrogen-bond acceptors (Lipinski definition) is 5. The van der Waals surface area contributed by atoms with Crippen LogP contribution in [0.5, 0.6) is 0 Å². The number of hydrogen-bond donors (Lipinski definition) is 2. The predicted octanol–water partition coefficient (Wildman–Crippen LogP) is 3.21. The Kier molecular flexibility index (Phi) is 6.11. The lowest BCUT2D eigenvalue weighted by Gasteiger charge is -2.28. The molecule has 1 fully saturated rings. The zero-order chi connectivity index (χ0) is 20.9. The molecule has 7 heteroatoms. The van der Waals surface area contributed by atoms with Crippen LogP contribution >= 0.6 is 11.3 Å². The van der Waals surface area contributed by atoms with E-state index in [1.807, 2.05) is 54.6 Å². The average Bonchev–Trinajstić information content (AvgIpc) is 3.24. The SMILES string of the molecule is NC(=O)[C@@H](NC(=O)c1cc(-c2ccccc2)c(N2CCOCC2)s1)c1ccccc1. The van der Waals surface area contributed by atoms with E-state index in [9.17, 15) is 9.59 Å². The van der Waals surface area contributed by atoms with E-state index < -0.39 is 11.9 Å². The largest absolute Gasteiger partial charge is 0.378 e. The molecule has 0 spiro atoms. The number of ether oxygens (including phenoxy) is 1. The van der Waals surface area contributed by atoms with Gasteiger partial charge in [0, 0.05) is 18.7 Å². The van der Waals surface area contributed by atoms with Crippen LogP contribution in [0.15, 0.2) is 66.7 Å². The van der Waals surface area contributed by atoms with Crippen LogP contribution in [-0.4, -0.2) is 38.1 Å². The Morgan fingerprint density at radius 3 is 2.27 bits per heavy atom. The second-order valence-corrected chi connectivity index (χ2v) is 8.05. The average molecular weight is 422 g/mol. The first-order valence-corrected chi connectivity index (χ1v) is 10.6. The molecule has 1 saturated heterocycles. The fourth-order valence-electron chi connectivity index (χ4n) is 3.49. The smallest absolute Gasteiger partial charge is 0.262 e. The number of carbonyl (C=O) groups is 2. The van der Waals surface area contributed by atoms with E-state index in [4.69, 9.17) is 10.5 Å². The topological polar surface area (TPSA) is 84.7 Å². The molecule has 1 aliphatic rings. The normalized spacial score (nSPS) is 14.9. The van der Waals surface area contributed by atoms with Gasteiger partial charge < -0.3 is 20.7 Å². The predicted molar refractivity (Wildman–Crippen MR) is 119 cm³/mol. The Hall–Kier alpha value is -3.16. The van der Waals surface area contributed by atoms with Gasteiger partial charge in [0.05, 0.1) is 23.1 Å². The number of thiophene rings is 1. The van der Waals surface area contributed by atoms with Gasteiger partial charge in [0.15, 0.2) is 0 Å². The Balaban J connectivity index is 1.65. The molecule has 1 aromatic heterocycles. The summed E-state index contributed by atoms with van der Waals surface area (Å²) in [6, 6.07) is 20.0. The fraction of sp³-hybridized carbons (Fsp3) is 0.217. The maximum absolute atomic E-state index is 13.1. The number of morpholine rings is 1. The van der Waals surface area contributed by atoms with Crippen molar-refractivity contribution < 1.29 is 14.3 Å². The molecule has 2 heterocycles. The Labute approximate surface area is 179 Å². The van der Waals surface area contributed by atoms with E-state index >= 15 is 0 Å². The first-order valence-electron chi connectivity index (χ1n) is 9.80. The second kappa shape index (κ2) is 9.11. The molecule has 0 saturated carbocycles. The lowest BCUT2D eigenvalue weighted by Crippen LogP contribution is -2.37. The number of carbonyl (C=O) groups excluding carboxylic acids is 2. The molecule has 0 bridgehead atoms. The number of anilines is 1. The molecule has 1 aliphatic heterocycles. The number of nitrogens with zero attached hydrogens (tertiary/aromatic N) is 1. The molecule has 154 valence electrons. The third-order valence-electron chi connectivity index (χ3n) is 5.01. The van der Waals surface area contributed by atoms with Crippen molar-refractivity contribution in [2.24, 2.45) is 5.73 Å². The summed E-state index contributed by atoms with van der Waals surface area (Å²) in [5.74, 6) is -0.910. The molecule has 4 rings (SSSR count). The molecule has 0 unspecified atom stereocenters. The van der Waals surface area contributed by atoms with Gasteiger partial charge in [-0.2, -0.15) is 0 Å². The highest BCUT2D eigenvalue weighted by molar-refractivity contribution is 7.18. The van der Waals surface area contributed by atoms with Gasteiger partial charge in [-0.15, -0.1) is 11.3 Å². The molecule has 30 heavy (non-hydrogen) atoms. The van der Waals surface area contributed by atoms with Crippen molar-refractivity contribution in [1.29, 1.82) is 0 Å². The monoisotopic (exact) mass is 421 g/mol. The lowest BCUT2D eigenvalue weighted by atomic mass is 10.1. The quantitative estimate of drug-likeness (QED) is 0.640. The molecule has 2 amide bonds. The van der Waals surface area contributed by atoms with E-state index in [0.717, 1.165) is 29.2 Å². The summed E-state index contributed by atoms with van der Waals surface area (Å²) in [5, 5.41) is 3.83. The molecule has 0 aliphatic carbocycles. The van der Waals surface area contributed by atoms with Crippen molar-refractivity contribution in [3.63, 3.8) is 0 Å². The molecule has 6 nitrogen and oxygen atoms in total. The van der Waals surface area contributed by atoms with Crippen molar-refractivity contribution in [3.05, 3.63) is 77.2 Å². The van der Waals surface area contributed by atoms with E-state index in [-0.39, 0.29) is 5.91 Å². The van der Waals surface area contributed by atoms with Gasteiger partial charge in [-0.25, -0.2) is 0 Å². The van der Waals surface area contributed by atoms with Crippen LogP contribution in [0.3, 0.4) is 0 Å². The van der Waals surface area contributed by atoms with Gasteiger partial charge >= 0.3 is 0 Å². The van der Waals surface area contributed by atoms with Crippen molar-refractivity contribution in [2.45, 2.75) is 6.04 Å².